The molecule has 0 aliphatic carbocycles. The van der Waals surface area contributed by atoms with Gasteiger partial charge in [-0.15, -0.1) is 0 Å². The van der Waals surface area contributed by atoms with Gasteiger partial charge >= 0.3 is 6.03 Å². The summed E-state index contributed by atoms with van der Waals surface area (Å²) in [4.78, 5) is 19.7. The minimum absolute atomic E-state index is 0.0890. The third-order valence-corrected chi connectivity index (χ3v) is 4.73. The maximum absolute atomic E-state index is 13.8. The highest BCUT2D eigenvalue weighted by Gasteiger charge is 2.19. The van der Waals surface area contributed by atoms with Crippen molar-refractivity contribution in [2.75, 3.05) is 11.9 Å². The number of carbonyl (C=O) groups excluding carboxylic acids is 1. The molecule has 2 aromatic heterocycles. The van der Waals surface area contributed by atoms with Crippen LogP contribution in [0.2, 0.25) is 0 Å². The molecule has 0 saturated heterocycles. The second-order valence-electron chi connectivity index (χ2n) is 6.59. The third-order valence-electron chi connectivity index (χ3n) is 4.73. The molecule has 3 N–H and O–H groups in total. The van der Waals surface area contributed by atoms with Crippen molar-refractivity contribution >= 4 is 22.6 Å². The lowest BCUT2D eigenvalue weighted by atomic mass is 9.92. The number of para-hydroxylation sites is 1. The summed E-state index contributed by atoms with van der Waals surface area (Å²) in [5, 5.41) is 6.23. The van der Waals surface area contributed by atoms with Gasteiger partial charge in [-0.3, -0.25) is 4.98 Å². The van der Waals surface area contributed by atoms with Crippen molar-refractivity contribution in [3.63, 3.8) is 0 Å². The number of pyridine rings is 1. The quantitative estimate of drug-likeness (QED) is 0.457. The molecule has 2 aromatic carbocycles. The van der Waals surface area contributed by atoms with Crippen LogP contribution in [0.3, 0.4) is 0 Å². The molecule has 0 radical (unpaired) electrons. The lowest BCUT2D eigenvalue weighted by Gasteiger charge is -2.18. The first kappa shape index (κ1) is 18.6. The number of halogens is 2. The fraction of sp³-hybridized carbons (Fsp3) is 0.0909. The molecule has 0 saturated carbocycles. The summed E-state index contributed by atoms with van der Waals surface area (Å²) in [6.07, 6.45) is 5.36. The second kappa shape index (κ2) is 8.10. The molecule has 0 fully saturated rings. The molecule has 2 heterocycles. The molecule has 7 heteroatoms. The van der Waals surface area contributed by atoms with E-state index in [4.69, 9.17) is 0 Å². The van der Waals surface area contributed by atoms with Gasteiger partial charge in [0.2, 0.25) is 0 Å². The Morgan fingerprint density at radius 3 is 2.76 bits per heavy atom. The van der Waals surface area contributed by atoms with Crippen molar-refractivity contribution in [1.82, 2.24) is 15.3 Å². The molecule has 0 bridgehead atoms. The summed E-state index contributed by atoms with van der Waals surface area (Å²) in [5.74, 6) is -1.70. The fourth-order valence-corrected chi connectivity index (χ4v) is 3.32. The van der Waals surface area contributed by atoms with E-state index in [2.05, 4.69) is 20.6 Å². The molecule has 2 amide bonds. The van der Waals surface area contributed by atoms with Gasteiger partial charge in [0.15, 0.2) is 0 Å². The minimum atomic E-state index is -0.833. The van der Waals surface area contributed by atoms with Gasteiger partial charge in [0.1, 0.15) is 11.6 Å². The Bertz CT molecular complexity index is 1140. The molecule has 1 unspecified atom stereocenters. The number of hydrogen-bond donors (Lipinski definition) is 3. The normalized spacial score (nSPS) is 11.9. The van der Waals surface area contributed by atoms with E-state index in [1.807, 2.05) is 42.6 Å². The molecule has 4 aromatic rings. The van der Waals surface area contributed by atoms with Gasteiger partial charge in [0.25, 0.3) is 0 Å². The SMILES string of the molecule is O=C(NCC(c1cccnc1)c1c[nH]c2ccccc12)Nc1ccc(F)cc1F. The monoisotopic (exact) mass is 392 g/mol. The molecule has 1 atom stereocenters. The molecule has 5 nitrogen and oxygen atoms in total. The largest absolute Gasteiger partial charge is 0.361 e. The number of nitrogens with zero attached hydrogens (tertiary/aromatic N) is 1. The molecule has 4 rings (SSSR count). The van der Waals surface area contributed by atoms with Crippen LogP contribution in [0.25, 0.3) is 10.9 Å². The zero-order valence-corrected chi connectivity index (χ0v) is 15.3. The summed E-state index contributed by atoms with van der Waals surface area (Å²) in [7, 11) is 0. The van der Waals surface area contributed by atoms with E-state index in [9.17, 15) is 13.6 Å². The smallest absolute Gasteiger partial charge is 0.319 e. The Morgan fingerprint density at radius 2 is 1.97 bits per heavy atom. The first-order valence-corrected chi connectivity index (χ1v) is 9.07. The van der Waals surface area contributed by atoms with Crippen LogP contribution in [-0.2, 0) is 0 Å². The standard InChI is InChI=1S/C22H18F2N4O/c23-15-7-8-21(19(24)10-15)28-22(29)27-12-17(14-4-3-9-25-11-14)18-13-26-20-6-2-1-5-16(18)20/h1-11,13,17,26H,12H2,(H2,27,28,29). The van der Waals surface area contributed by atoms with E-state index >= 15 is 0 Å². The number of fused-ring (bicyclic) bond motifs is 1. The van der Waals surface area contributed by atoms with Crippen LogP contribution in [0.4, 0.5) is 19.3 Å². The minimum Gasteiger partial charge on any atom is -0.361 e. The number of urea groups is 1. The van der Waals surface area contributed by atoms with Crippen LogP contribution in [0, 0.1) is 11.6 Å². The van der Waals surface area contributed by atoms with Crippen LogP contribution in [0.1, 0.15) is 17.0 Å². The first-order valence-electron chi connectivity index (χ1n) is 9.07. The van der Waals surface area contributed by atoms with Gasteiger partial charge in [-0.1, -0.05) is 24.3 Å². The van der Waals surface area contributed by atoms with Crippen LogP contribution < -0.4 is 10.6 Å². The van der Waals surface area contributed by atoms with Crippen molar-refractivity contribution in [3.05, 3.63) is 95.9 Å². The molecule has 0 spiro atoms. The van der Waals surface area contributed by atoms with Crippen LogP contribution in [0.5, 0.6) is 0 Å². The van der Waals surface area contributed by atoms with E-state index in [0.717, 1.165) is 34.2 Å². The van der Waals surface area contributed by atoms with Crippen molar-refractivity contribution in [2.45, 2.75) is 5.92 Å². The van der Waals surface area contributed by atoms with Crippen molar-refractivity contribution < 1.29 is 13.6 Å². The summed E-state index contributed by atoms with van der Waals surface area (Å²) >= 11 is 0. The number of aromatic nitrogens is 2. The van der Waals surface area contributed by atoms with Gasteiger partial charge in [-0.05, 0) is 35.4 Å². The van der Waals surface area contributed by atoms with Gasteiger partial charge in [0.05, 0.1) is 5.69 Å². The van der Waals surface area contributed by atoms with Gasteiger partial charge in [0, 0.05) is 48.0 Å². The Hall–Kier alpha value is -3.74. The topological polar surface area (TPSA) is 69.8 Å². The number of amides is 2. The van der Waals surface area contributed by atoms with E-state index in [-0.39, 0.29) is 18.2 Å². The number of aromatic amines is 1. The Kier molecular flexibility index (Phi) is 5.20. The average Bonchev–Trinajstić information content (AvgIpc) is 3.15. The van der Waals surface area contributed by atoms with E-state index < -0.39 is 17.7 Å². The number of anilines is 1. The van der Waals surface area contributed by atoms with E-state index in [1.165, 1.54) is 6.07 Å². The highest BCUT2D eigenvalue weighted by Crippen LogP contribution is 2.30. The lowest BCUT2D eigenvalue weighted by Crippen LogP contribution is -2.33. The number of H-pyrrole nitrogens is 1. The Labute approximate surface area is 165 Å². The highest BCUT2D eigenvalue weighted by molar-refractivity contribution is 5.89. The van der Waals surface area contributed by atoms with Crippen molar-refractivity contribution in [1.29, 1.82) is 0 Å². The van der Waals surface area contributed by atoms with E-state index in [0.29, 0.717) is 0 Å². The Balaban J connectivity index is 1.55. The Morgan fingerprint density at radius 1 is 1.10 bits per heavy atom. The maximum atomic E-state index is 13.8. The predicted octanol–water partition coefficient (Wildman–Crippen LogP) is 4.79. The summed E-state index contributed by atoms with van der Waals surface area (Å²) in [6, 6.07) is 14.1. The van der Waals surface area contributed by atoms with Crippen LogP contribution in [-0.4, -0.2) is 22.5 Å². The zero-order chi connectivity index (χ0) is 20.2. The highest BCUT2D eigenvalue weighted by atomic mass is 19.1. The van der Waals surface area contributed by atoms with Gasteiger partial charge in [-0.25, -0.2) is 13.6 Å². The molecular weight excluding hydrogens is 374 g/mol. The number of hydrogen-bond acceptors (Lipinski definition) is 2. The van der Waals surface area contributed by atoms with Crippen molar-refractivity contribution in [3.8, 4) is 0 Å². The van der Waals surface area contributed by atoms with Crippen molar-refractivity contribution in [2.24, 2.45) is 0 Å². The maximum Gasteiger partial charge on any atom is 0.319 e. The average molecular weight is 392 g/mol. The summed E-state index contributed by atoms with van der Waals surface area (Å²) < 4.78 is 26.8. The first-order chi connectivity index (χ1) is 14.1. The molecular formula is C22H18F2N4O. The number of rotatable bonds is 5. The van der Waals surface area contributed by atoms with Gasteiger partial charge in [-0.2, -0.15) is 0 Å². The molecule has 0 aliphatic rings. The predicted molar refractivity (Wildman–Crippen MR) is 108 cm³/mol. The number of nitrogens with one attached hydrogen (secondary N) is 3. The number of benzene rings is 2. The molecule has 0 aliphatic heterocycles. The molecule has 29 heavy (non-hydrogen) atoms. The summed E-state index contributed by atoms with van der Waals surface area (Å²) in [5.41, 5.74) is 2.86. The molecule has 146 valence electrons. The summed E-state index contributed by atoms with van der Waals surface area (Å²) in [6.45, 7) is 0.266. The second-order valence-corrected chi connectivity index (χ2v) is 6.59. The zero-order valence-electron chi connectivity index (χ0n) is 15.3. The number of carbonyl (C=O) groups is 1. The van der Waals surface area contributed by atoms with Crippen LogP contribution >= 0.6 is 0 Å². The van der Waals surface area contributed by atoms with Crippen LogP contribution in [0.15, 0.2) is 73.2 Å². The lowest BCUT2D eigenvalue weighted by molar-refractivity contribution is 0.251. The fourth-order valence-electron chi connectivity index (χ4n) is 3.32. The van der Waals surface area contributed by atoms with Gasteiger partial charge < -0.3 is 15.6 Å². The van der Waals surface area contributed by atoms with E-state index in [1.54, 1.807) is 12.4 Å². The third kappa shape index (κ3) is 4.08.